The number of nitrogens with one attached hydrogen (secondary N) is 1. The van der Waals surface area contributed by atoms with Gasteiger partial charge >= 0.3 is 6.09 Å². The molecule has 0 unspecified atom stereocenters. The number of methoxy groups -OCH3 is 1. The molecule has 0 saturated heterocycles. The van der Waals surface area contributed by atoms with Crippen LogP contribution in [0.3, 0.4) is 0 Å². The predicted octanol–water partition coefficient (Wildman–Crippen LogP) is 2.84. The summed E-state index contributed by atoms with van der Waals surface area (Å²) >= 11 is 0. The Kier molecular flexibility index (Phi) is 5.54. The molecule has 0 aromatic heterocycles. The zero-order chi connectivity index (χ0) is 15.8. The van der Waals surface area contributed by atoms with Crippen molar-refractivity contribution in [1.29, 1.82) is 0 Å². The maximum Gasteiger partial charge on any atom is 0.412 e. The molecule has 0 saturated carbocycles. The SMILES string of the molecule is COc1cc(C=O)ccc1OC(=O)NCCc1ccccc1. The molecule has 22 heavy (non-hydrogen) atoms. The second kappa shape index (κ2) is 7.83. The summed E-state index contributed by atoms with van der Waals surface area (Å²) in [4.78, 5) is 22.5. The molecule has 0 bridgehead atoms. The Morgan fingerprint density at radius 1 is 1.14 bits per heavy atom. The van der Waals surface area contributed by atoms with Gasteiger partial charge in [-0.25, -0.2) is 4.79 Å². The summed E-state index contributed by atoms with van der Waals surface area (Å²) in [7, 11) is 1.45. The number of hydrogen-bond donors (Lipinski definition) is 1. The number of carbonyl (C=O) groups is 2. The first-order valence-corrected chi connectivity index (χ1v) is 6.85. The van der Waals surface area contributed by atoms with Gasteiger partial charge in [0.2, 0.25) is 0 Å². The Morgan fingerprint density at radius 3 is 2.59 bits per heavy atom. The van der Waals surface area contributed by atoms with Crippen molar-refractivity contribution in [3.05, 3.63) is 59.7 Å². The van der Waals surface area contributed by atoms with E-state index in [-0.39, 0.29) is 5.75 Å². The molecule has 0 aliphatic rings. The summed E-state index contributed by atoms with van der Waals surface area (Å²) < 4.78 is 10.3. The summed E-state index contributed by atoms with van der Waals surface area (Å²) in [6.45, 7) is 0.470. The highest BCUT2D eigenvalue weighted by Crippen LogP contribution is 2.27. The van der Waals surface area contributed by atoms with E-state index in [0.29, 0.717) is 24.1 Å². The molecule has 0 aliphatic heterocycles. The van der Waals surface area contributed by atoms with Crippen molar-refractivity contribution in [3.63, 3.8) is 0 Å². The smallest absolute Gasteiger partial charge is 0.412 e. The molecular weight excluding hydrogens is 282 g/mol. The summed E-state index contributed by atoms with van der Waals surface area (Å²) in [6, 6.07) is 14.4. The highest BCUT2D eigenvalue weighted by Gasteiger charge is 2.10. The van der Waals surface area contributed by atoms with Crippen LogP contribution in [0.15, 0.2) is 48.5 Å². The van der Waals surface area contributed by atoms with E-state index >= 15 is 0 Å². The number of carbonyl (C=O) groups excluding carboxylic acids is 2. The van der Waals surface area contributed by atoms with Crippen LogP contribution in [0, 0.1) is 0 Å². The fraction of sp³-hybridized carbons (Fsp3) is 0.176. The molecule has 5 nitrogen and oxygen atoms in total. The van der Waals surface area contributed by atoms with Gasteiger partial charge in [-0.15, -0.1) is 0 Å². The average molecular weight is 299 g/mol. The van der Waals surface area contributed by atoms with Gasteiger partial charge in [-0.1, -0.05) is 30.3 Å². The number of benzene rings is 2. The Labute approximate surface area is 128 Å². The van der Waals surface area contributed by atoms with Gasteiger partial charge in [-0.3, -0.25) is 4.79 Å². The van der Waals surface area contributed by atoms with Gasteiger partial charge < -0.3 is 14.8 Å². The standard InChI is InChI=1S/C17H17NO4/c1-21-16-11-14(12-19)7-8-15(16)22-17(20)18-10-9-13-5-3-2-4-6-13/h2-8,11-12H,9-10H2,1H3,(H,18,20). The van der Waals surface area contributed by atoms with Gasteiger partial charge in [0.1, 0.15) is 6.29 Å². The van der Waals surface area contributed by atoms with Crippen LogP contribution in [0.1, 0.15) is 15.9 Å². The first-order valence-electron chi connectivity index (χ1n) is 6.85. The van der Waals surface area contributed by atoms with E-state index in [1.54, 1.807) is 6.07 Å². The fourth-order valence-corrected chi connectivity index (χ4v) is 1.93. The molecule has 1 N–H and O–H groups in total. The van der Waals surface area contributed by atoms with E-state index in [0.717, 1.165) is 12.0 Å². The summed E-state index contributed by atoms with van der Waals surface area (Å²) in [5, 5.41) is 2.67. The molecule has 0 heterocycles. The van der Waals surface area contributed by atoms with Crippen molar-refractivity contribution >= 4 is 12.4 Å². The Morgan fingerprint density at radius 2 is 1.91 bits per heavy atom. The van der Waals surface area contributed by atoms with E-state index in [1.165, 1.54) is 19.2 Å². The van der Waals surface area contributed by atoms with Crippen molar-refractivity contribution in [1.82, 2.24) is 5.32 Å². The quantitative estimate of drug-likeness (QED) is 0.833. The lowest BCUT2D eigenvalue weighted by molar-refractivity contribution is 0.112. The number of ether oxygens (including phenoxy) is 2. The van der Waals surface area contributed by atoms with Gasteiger partial charge in [0.05, 0.1) is 7.11 Å². The Balaban J connectivity index is 1.88. The highest BCUT2D eigenvalue weighted by molar-refractivity contribution is 5.77. The first-order chi connectivity index (χ1) is 10.7. The van der Waals surface area contributed by atoms with E-state index in [4.69, 9.17) is 9.47 Å². The average Bonchev–Trinajstić information content (AvgIpc) is 2.56. The molecular formula is C17H17NO4. The fourth-order valence-electron chi connectivity index (χ4n) is 1.93. The zero-order valence-electron chi connectivity index (χ0n) is 12.2. The molecule has 1 amide bonds. The third kappa shape index (κ3) is 4.34. The molecule has 0 radical (unpaired) electrons. The molecule has 0 spiro atoms. The minimum absolute atomic E-state index is 0.269. The van der Waals surface area contributed by atoms with Gasteiger partial charge in [0, 0.05) is 12.1 Å². The number of amides is 1. The maximum atomic E-state index is 11.8. The number of hydrogen-bond acceptors (Lipinski definition) is 4. The molecule has 0 fully saturated rings. The lowest BCUT2D eigenvalue weighted by Gasteiger charge is -2.10. The monoisotopic (exact) mass is 299 g/mol. The van der Waals surface area contributed by atoms with Gasteiger partial charge in [0.25, 0.3) is 0 Å². The van der Waals surface area contributed by atoms with Gasteiger partial charge in [-0.05, 0) is 30.2 Å². The molecule has 2 rings (SSSR count). The lowest BCUT2D eigenvalue weighted by atomic mass is 10.1. The number of rotatable bonds is 6. The van der Waals surface area contributed by atoms with Gasteiger partial charge in [-0.2, -0.15) is 0 Å². The van der Waals surface area contributed by atoms with Crippen LogP contribution in [0.2, 0.25) is 0 Å². The van der Waals surface area contributed by atoms with Crippen LogP contribution < -0.4 is 14.8 Å². The third-order valence-corrected chi connectivity index (χ3v) is 3.05. The lowest BCUT2D eigenvalue weighted by Crippen LogP contribution is -2.28. The van der Waals surface area contributed by atoms with Gasteiger partial charge in [0.15, 0.2) is 11.5 Å². The third-order valence-electron chi connectivity index (χ3n) is 3.05. The first kappa shape index (κ1) is 15.6. The van der Waals surface area contributed by atoms with Crippen LogP contribution in [0.4, 0.5) is 4.79 Å². The second-order valence-electron chi connectivity index (χ2n) is 4.58. The highest BCUT2D eigenvalue weighted by atomic mass is 16.6. The van der Waals surface area contributed by atoms with Crippen LogP contribution >= 0.6 is 0 Å². The summed E-state index contributed by atoms with van der Waals surface area (Å²) in [5.41, 5.74) is 1.59. The molecule has 0 atom stereocenters. The van der Waals surface area contributed by atoms with Crippen molar-refractivity contribution in [2.45, 2.75) is 6.42 Å². The zero-order valence-corrected chi connectivity index (χ0v) is 12.2. The van der Waals surface area contributed by atoms with Crippen LogP contribution in [0.25, 0.3) is 0 Å². The molecule has 0 aliphatic carbocycles. The Hall–Kier alpha value is -2.82. The number of aldehydes is 1. The molecule has 2 aromatic rings. The molecule has 2 aromatic carbocycles. The summed E-state index contributed by atoms with van der Waals surface area (Å²) in [6.07, 6.45) is 0.858. The van der Waals surface area contributed by atoms with E-state index in [9.17, 15) is 9.59 Å². The minimum atomic E-state index is -0.562. The van der Waals surface area contributed by atoms with E-state index in [1.807, 2.05) is 30.3 Å². The van der Waals surface area contributed by atoms with Crippen LogP contribution in [-0.2, 0) is 6.42 Å². The molecule has 114 valence electrons. The van der Waals surface area contributed by atoms with Crippen LogP contribution in [0.5, 0.6) is 11.5 Å². The van der Waals surface area contributed by atoms with E-state index < -0.39 is 6.09 Å². The van der Waals surface area contributed by atoms with Crippen molar-refractivity contribution in [2.75, 3.05) is 13.7 Å². The van der Waals surface area contributed by atoms with Crippen molar-refractivity contribution in [2.24, 2.45) is 0 Å². The van der Waals surface area contributed by atoms with E-state index in [2.05, 4.69) is 5.32 Å². The normalized spacial score (nSPS) is 9.86. The second-order valence-corrected chi connectivity index (χ2v) is 4.58. The topological polar surface area (TPSA) is 64.6 Å². The van der Waals surface area contributed by atoms with Crippen LogP contribution in [-0.4, -0.2) is 26.0 Å². The maximum absolute atomic E-state index is 11.8. The summed E-state index contributed by atoms with van der Waals surface area (Å²) in [5.74, 6) is 0.605. The Bertz CT molecular complexity index is 640. The van der Waals surface area contributed by atoms with Crippen molar-refractivity contribution < 1.29 is 19.1 Å². The predicted molar refractivity (Wildman–Crippen MR) is 82.6 cm³/mol. The molecule has 5 heteroatoms. The van der Waals surface area contributed by atoms with Crippen molar-refractivity contribution in [3.8, 4) is 11.5 Å². The largest absolute Gasteiger partial charge is 0.493 e. The minimum Gasteiger partial charge on any atom is -0.493 e.